The molecule has 5 heterocycles. The van der Waals surface area contributed by atoms with Gasteiger partial charge in [0.2, 0.25) is 0 Å². The third kappa shape index (κ3) is 4.22. The number of nitrogens with one attached hydrogen (secondary N) is 1. The van der Waals surface area contributed by atoms with Gasteiger partial charge >= 0.3 is 0 Å². The van der Waals surface area contributed by atoms with Gasteiger partial charge in [-0.15, -0.1) is 24.8 Å². The summed E-state index contributed by atoms with van der Waals surface area (Å²) in [6.07, 6.45) is 9.60. The third-order valence-corrected chi connectivity index (χ3v) is 6.18. The summed E-state index contributed by atoms with van der Waals surface area (Å²) in [5.41, 5.74) is 3.68. The van der Waals surface area contributed by atoms with Gasteiger partial charge in [0.15, 0.2) is 0 Å². The molecular formula is C22H29Cl2N5O. The molecule has 2 saturated heterocycles. The molecule has 0 aromatic carbocycles. The molecule has 1 atom stereocenters. The first kappa shape index (κ1) is 22.7. The molecule has 0 bridgehead atoms. The highest BCUT2D eigenvalue weighted by atomic mass is 35.5. The zero-order valence-corrected chi connectivity index (χ0v) is 18.8. The first-order chi connectivity index (χ1) is 13.8. The zero-order chi connectivity index (χ0) is 19.0. The largest absolute Gasteiger partial charge is 0.492 e. The van der Waals surface area contributed by atoms with E-state index in [1.807, 2.05) is 36.1 Å². The van der Waals surface area contributed by atoms with E-state index < -0.39 is 0 Å². The average molecular weight is 450 g/mol. The van der Waals surface area contributed by atoms with Gasteiger partial charge in [0, 0.05) is 42.4 Å². The van der Waals surface area contributed by atoms with Crippen molar-refractivity contribution in [3.8, 4) is 16.9 Å². The number of halogens is 2. The predicted octanol–water partition coefficient (Wildman–Crippen LogP) is 4.22. The van der Waals surface area contributed by atoms with Gasteiger partial charge in [-0.2, -0.15) is 5.10 Å². The summed E-state index contributed by atoms with van der Waals surface area (Å²) in [4.78, 5) is 7.26. The van der Waals surface area contributed by atoms with Crippen molar-refractivity contribution in [2.45, 2.75) is 26.2 Å². The van der Waals surface area contributed by atoms with Crippen molar-refractivity contribution in [1.29, 1.82) is 0 Å². The molecule has 3 aromatic heterocycles. The number of nitrogens with zero attached hydrogens (tertiary/aromatic N) is 4. The Balaban J connectivity index is 0.00000128. The van der Waals surface area contributed by atoms with E-state index in [-0.39, 0.29) is 24.8 Å². The van der Waals surface area contributed by atoms with Crippen molar-refractivity contribution >= 4 is 36.1 Å². The van der Waals surface area contributed by atoms with Crippen molar-refractivity contribution in [1.82, 2.24) is 19.9 Å². The van der Waals surface area contributed by atoms with Crippen LogP contribution in [0.2, 0.25) is 0 Å². The topological polar surface area (TPSA) is 54.7 Å². The first-order valence-corrected chi connectivity index (χ1v) is 10.3. The number of pyridine rings is 2. The Bertz CT molecular complexity index is 969. The van der Waals surface area contributed by atoms with Gasteiger partial charge in [-0.05, 0) is 57.0 Å². The molecule has 2 aliphatic rings. The summed E-state index contributed by atoms with van der Waals surface area (Å²) in [6, 6.07) is 8.43. The fraction of sp³-hybridized carbons (Fsp3) is 0.455. The van der Waals surface area contributed by atoms with Crippen LogP contribution < -0.4 is 15.0 Å². The fourth-order valence-electron chi connectivity index (χ4n) is 4.72. The summed E-state index contributed by atoms with van der Waals surface area (Å²) in [7, 11) is 0. The van der Waals surface area contributed by atoms with Gasteiger partial charge in [-0.1, -0.05) is 0 Å². The molecule has 0 amide bonds. The number of ether oxygens (including phenoxy) is 1. The number of anilines is 1. The highest BCUT2D eigenvalue weighted by molar-refractivity contribution is 5.85. The lowest BCUT2D eigenvalue weighted by atomic mass is 9.80. The quantitative estimate of drug-likeness (QED) is 0.645. The van der Waals surface area contributed by atoms with E-state index in [4.69, 9.17) is 9.72 Å². The molecule has 162 valence electrons. The molecule has 30 heavy (non-hydrogen) atoms. The SMILES string of the molecule is CCOc1cc(-c2ccc(N3CC[C@@]4(CCCNC4)C3)nc2)c2ccnn2c1.Cl.Cl. The van der Waals surface area contributed by atoms with Gasteiger partial charge < -0.3 is 15.0 Å². The van der Waals surface area contributed by atoms with E-state index in [2.05, 4.69) is 33.5 Å². The lowest BCUT2D eigenvalue weighted by Crippen LogP contribution is -2.42. The molecule has 2 fully saturated rings. The van der Waals surface area contributed by atoms with Crippen LogP contribution in [0.3, 0.4) is 0 Å². The molecule has 0 saturated carbocycles. The second-order valence-corrected chi connectivity index (χ2v) is 8.04. The number of piperidine rings is 1. The van der Waals surface area contributed by atoms with Crippen LogP contribution in [0, 0.1) is 5.41 Å². The normalized spacial score (nSPS) is 20.8. The van der Waals surface area contributed by atoms with Gasteiger partial charge in [0.25, 0.3) is 0 Å². The van der Waals surface area contributed by atoms with E-state index in [1.165, 1.54) is 25.8 Å². The minimum absolute atomic E-state index is 0. The smallest absolute Gasteiger partial charge is 0.138 e. The van der Waals surface area contributed by atoms with E-state index in [1.54, 1.807) is 0 Å². The average Bonchev–Trinajstić information content (AvgIpc) is 3.36. The predicted molar refractivity (Wildman–Crippen MR) is 125 cm³/mol. The van der Waals surface area contributed by atoms with E-state index in [0.29, 0.717) is 12.0 Å². The molecule has 0 radical (unpaired) electrons. The van der Waals surface area contributed by atoms with Gasteiger partial charge in [0.05, 0.1) is 24.5 Å². The highest BCUT2D eigenvalue weighted by Gasteiger charge is 2.39. The van der Waals surface area contributed by atoms with Gasteiger partial charge in [-0.25, -0.2) is 9.50 Å². The minimum atomic E-state index is 0. The molecular weight excluding hydrogens is 421 g/mol. The number of hydrogen-bond donors (Lipinski definition) is 1. The van der Waals surface area contributed by atoms with Crippen molar-refractivity contribution in [3.05, 3.63) is 42.9 Å². The Morgan fingerprint density at radius 3 is 2.83 bits per heavy atom. The Kier molecular flexibility index (Phi) is 7.11. The molecule has 8 heteroatoms. The fourth-order valence-corrected chi connectivity index (χ4v) is 4.72. The molecule has 5 rings (SSSR count). The molecule has 2 aliphatic heterocycles. The van der Waals surface area contributed by atoms with Crippen LogP contribution in [0.4, 0.5) is 5.82 Å². The van der Waals surface area contributed by atoms with Crippen LogP contribution in [-0.4, -0.2) is 47.4 Å². The molecule has 3 aromatic rings. The van der Waals surface area contributed by atoms with Crippen molar-refractivity contribution < 1.29 is 4.74 Å². The van der Waals surface area contributed by atoms with Gasteiger partial charge in [0.1, 0.15) is 11.6 Å². The standard InChI is InChI=1S/C22H27N5O.2ClH/c1-2-28-18-12-19(20-6-10-25-27(20)14-18)17-4-5-21(24-13-17)26-11-8-22(16-26)7-3-9-23-15-22;;/h4-6,10,12-14,23H,2-3,7-9,11,15-16H2,1H3;2*1H/t22-;;/m1../s1. The maximum absolute atomic E-state index is 5.72. The van der Waals surface area contributed by atoms with Crippen LogP contribution in [0.5, 0.6) is 5.75 Å². The Morgan fingerprint density at radius 2 is 2.10 bits per heavy atom. The first-order valence-electron chi connectivity index (χ1n) is 10.3. The summed E-state index contributed by atoms with van der Waals surface area (Å²) >= 11 is 0. The van der Waals surface area contributed by atoms with E-state index in [9.17, 15) is 0 Å². The van der Waals surface area contributed by atoms with Crippen molar-refractivity contribution in [2.75, 3.05) is 37.7 Å². The molecule has 1 N–H and O–H groups in total. The summed E-state index contributed by atoms with van der Waals surface area (Å²) in [5.74, 6) is 1.90. The number of fused-ring (bicyclic) bond motifs is 1. The molecule has 6 nitrogen and oxygen atoms in total. The number of aromatic nitrogens is 3. The maximum atomic E-state index is 5.72. The highest BCUT2D eigenvalue weighted by Crippen LogP contribution is 2.38. The Morgan fingerprint density at radius 1 is 1.20 bits per heavy atom. The number of hydrogen-bond acceptors (Lipinski definition) is 5. The lowest BCUT2D eigenvalue weighted by molar-refractivity contribution is 0.239. The third-order valence-electron chi connectivity index (χ3n) is 6.18. The van der Waals surface area contributed by atoms with Gasteiger partial charge in [-0.3, -0.25) is 0 Å². The minimum Gasteiger partial charge on any atom is -0.492 e. The van der Waals surface area contributed by atoms with Crippen molar-refractivity contribution in [3.63, 3.8) is 0 Å². The summed E-state index contributed by atoms with van der Waals surface area (Å²) in [6.45, 7) is 7.15. The van der Waals surface area contributed by atoms with E-state index in [0.717, 1.165) is 47.8 Å². The molecule has 0 aliphatic carbocycles. The lowest BCUT2D eigenvalue weighted by Gasteiger charge is -2.33. The monoisotopic (exact) mass is 449 g/mol. The van der Waals surface area contributed by atoms with Crippen LogP contribution in [0.25, 0.3) is 16.6 Å². The molecule has 0 unspecified atom stereocenters. The van der Waals surface area contributed by atoms with Crippen LogP contribution in [0.1, 0.15) is 26.2 Å². The van der Waals surface area contributed by atoms with E-state index >= 15 is 0 Å². The maximum Gasteiger partial charge on any atom is 0.138 e. The second-order valence-electron chi connectivity index (χ2n) is 8.04. The van der Waals surface area contributed by atoms with Crippen LogP contribution in [0.15, 0.2) is 42.9 Å². The van der Waals surface area contributed by atoms with Crippen LogP contribution in [-0.2, 0) is 0 Å². The summed E-state index contributed by atoms with van der Waals surface area (Å²) < 4.78 is 7.59. The Labute approximate surface area is 189 Å². The van der Waals surface area contributed by atoms with Crippen molar-refractivity contribution in [2.24, 2.45) is 5.41 Å². The summed E-state index contributed by atoms with van der Waals surface area (Å²) in [5, 5.41) is 7.96. The second kappa shape index (κ2) is 9.41. The zero-order valence-electron chi connectivity index (χ0n) is 17.2. The van der Waals surface area contributed by atoms with Crippen LogP contribution >= 0.6 is 24.8 Å². The number of rotatable bonds is 4. The molecule has 1 spiro atoms. The Hall–Kier alpha value is -2.02.